The van der Waals surface area contributed by atoms with E-state index in [9.17, 15) is 18.0 Å². The van der Waals surface area contributed by atoms with Crippen molar-refractivity contribution in [2.45, 2.75) is 12.1 Å². The number of halogens is 3. The molecule has 1 fully saturated rings. The lowest BCUT2D eigenvalue weighted by Crippen LogP contribution is -2.67. The van der Waals surface area contributed by atoms with E-state index in [0.29, 0.717) is 26.2 Å². The van der Waals surface area contributed by atoms with Crippen molar-refractivity contribution in [3.8, 4) is 11.5 Å². The first kappa shape index (κ1) is 15.7. The fourth-order valence-electron chi connectivity index (χ4n) is 2.42. The highest BCUT2D eigenvalue weighted by Crippen LogP contribution is 2.44. The number of amides is 2. The third-order valence-electron chi connectivity index (χ3n) is 3.79. The van der Waals surface area contributed by atoms with E-state index in [0.717, 1.165) is 0 Å². The number of fused-ring (bicyclic) bond motifs is 1. The molecule has 23 heavy (non-hydrogen) atoms. The van der Waals surface area contributed by atoms with Gasteiger partial charge in [0.25, 0.3) is 0 Å². The van der Waals surface area contributed by atoms with Crippen LogP contribution in [-0.2, 0) is 0 Å². The maximum Gasteiger partial charge on any atom is 0.492 e. The van der Waals surface area contributed by atoms with E-state index < -0.39 is 18.1 Å². The zero-order chi connectivity index (χ0) is 16.7. The number of alkyl halides is 3. The Labute approximate surface area is 130 Å². The molecule has 3 rings (SSSR count). The average Bonchev–Trinajstić information content (AvgIpc) is 2.86. The molecule has 2 heterocycles. The number of urea groups is 1. The van der Waals surface area contributed by atoms with Crippen LogP contribution in [0, 0.1) is 0 Å². The van der Waals surface area contributed by atoms with E-state index >= 15 is 0 Å². The first-order valence-corrected chi connectivity index (χ1v) is 7.10. The van der Waals surface area contributed by atoms with Crippen LogP contribution in [0.3, 0.4) is 0 Å². The van der Waals surface area contributed by atoms with Crippen molar-refractivity contribution in [3.05, 3.63) is 24.3 Å². The zero-order valence-corrected chi connectivity index (χ0v) is 12.4. The van der Waals surface area contributed by atoms with Gasteiger partial charge in [-0.2, -0.15) is 13.2 Å². The Balaban J connectivity index is 1.78. The molecule has 0 unspecified atom stereocenters. The molecule has 0 atom stereocenters. The predicted molar refractivity (Wildman–Crippen MR) is 74.1 cm³/mol. The Morgan fingerprint density at radius 1 is 1.13 bits per heavy atom. The van der Waals surface area contributed by atoms with E-state index in [4.69, 9.17) is 9.47 Å². The van der Waals surface area contributed by atoms with Crippen molar-refractivity contribution in [1.29, 1.82) is 0 Å². The molecular formula is C14H16F3N3O3. The summed E-state index contributed by atoms with van der Waals surface area (Å²) in [5, 5.41) is 1.86. The molecule has 1 N–H and O–H groups in total. The third-order valence-corrected chi connectivity index (χ3v) is 3.79. The quantitative estimate of drug-likeness (QED) is 0.850. The lowest BCUT2D eigenvalue weighted by atomic mass is 10.3. The van der Waals surface area contributed by atoms with E-state index in [1.807, 2.05) is 17.3 Å². The second kappa shape index (κ2) is 5.48. The van der Waals surface area contributed by atoms with Crippen molar-refractivity contribution in [1.82, 2.24) is 15.1 Å². The van der Waals surface area contributed by atoms with Gasteiger partial charge in [0.05, 0.1) is 0 Å². The number of para-hydroxylation sites is 2. The number of benzene rings is 1. The van der Waals surface area contributed by atoms with Crippen LogP contribution < -0.4 is 14.8 Å². The van der Waals surface area contributed by atoms with Crippen molar-refractivity contribution in [2.75, 3.05) is 33.2 Å². The minimum Gasteiger partial charge on any atom is -0.424 e. The summed E-state index contributed by atoms with van der Waals surface area (Å²) in [6.07, 6.45) is -4.94. The summed E-state index contributed by atoms with van der Waals surface area (Å²) in [7, 11) is 1.88. The Morgan fingerprint density at radius 3 is 2.13 bits per heavy atom. The molecule has 0 bridgehead atoms. The maximum absolute atomic E-state index is 13.5. The molecule has 6 nitrogen and oxygen atoms in total. The molecule has 0 aromatic heterocycles. The molecule has 9 heteroatoms. The number of likely N-dealkylation sites (N-methyl/N-ethyl adjacent to an activating group) is 1. The number of carbonyl (C=O) groups excluding carboxylic acids is 1. The summed E-state index contributed by atoms with van der Waals surface area (Å²) in [5.74, 6) is -3.33. The highest BCUT2D eigenvalue weighted by Gasteiger charge is 2.66. The van der Waals surface area contributed by atoms with Gasteiger partial charge < -0.3 is 19.3 Å². The normalized spacial score (nSPS) is 20.4. The van der Waals surface area contributed by atoms with Crippen LogP contribution in [0.4, 0.5) is 18.0 Å². The molecular weight excluding hydrogens is 315 g/mol. The molecule has 2 amide bonds. The minimum atomic E-state index is -4.94. The largest absolute Gasteiger partial charge is 0.492 e. The van der Waals surface area contributed by atoms with Gasteiger partial charge in [0.15, 0.2) is 11.5 Å². The molecule has 0 saturated carbocycles. The number of rotatable bonds is 1. The number of nitrogens with zero attached hydrogens (tertiary/aromatic N) is 2. The van der Waals surface area contributed by atoms with E-state index in [-0.39, 0.29) is 11.5 Å². The Bertz CT molecular complexity index is 575. The summed E-state index contributed by atoms with van der Waals surface area (Å²) in [6.45, 7) is 1.86. The molecule has 2 aliphatic heterocycles. The summed E-state index contributed by atoms with van der Waals surface area (Å²) in [4.78, 5) is 15.5. The molecule has 2 aliphatic rings. The van der Waals surface area contributed by atoms with Crippen molar-refractivity contribution < 1.29 is 27.4 Å². The van der Waals surface area contributed by atoms with Gasteiger partial charge in [-0.1, -0.05) is 12.1 Å². The lowest BCUT2D eigenvalue weighted by Gasteiger charge is -2.36. The summed E-state index contributed by atoms with van der Waals surface area (Å²) >= 11 is 0. The Kier molecular flexibility index (Phi) is 3.75. The van der Waals surface area contributed by atoms with Crippen molar-refractivity contribution in [3.63, 3.8) is 0 Å². The molecule has 0 aliphatic carbocycles. The Hall–Kier alpha value is -2.16. The minimum absolute atomic E-state index is 0.0662. The van der Waals surface area contributed by atoms with Gasteiger partial charge in [-0.3, -0.25) is 5.32 Å². The van der Waals surface area contributed by atoms with Gasteiger partial charge in [0, 0.05) is 26.2 Å². The number of hydrogen-bond acceptors (Lipinski definition) is 4. The molecule has 0 radical (unpaired) electrons. The summed E-state index contributed by atoms with van der Waals surface area (Å²) in [5.41, 5.74) is 0. The lowest BCUT2D eigenvalue weighted by molar-refractivity contribution is -0.318. The fourth-order valence-corrected chi connectivity index (χ4v) is 2.42. The first-order chi connectivity index (χ1) is 10.8. The Morgan fingerprint density at radius 2 is 1.65 bits per heavy atom. The van der Waals surface area contributed by atoms with Gasteiger partial charge >= 0.3 is 18.1 Å². The number of nitrogens with one attached hydrogen (secondary N) is 1. The van der Waals surface area contributed by atoms with Crippen LogP contribution in [0.1, 0.15) is 0 Å². The van der Waals surface area contributed by atoms with Gasteiger partial charge in [-0.25, -0.2) is 4.79 Å². The van der Waals surface area contributed by atoms with E-state index in [2.05, 4.69) is 0 Å². The van der Waals surface area contributed by atoms with E-state index in [1.54, 1.807) is 0 Å². The topological polar surface area (TPSA) is 54.0 Å². The number of ether oxygens (including phenoxy) is 2. The van der Waals surface area contributed by atoms with Gasteiger partial charge in [-0.05, 0) is 19.2 Å². The summed E-state index contributed by atoms with van der Waals surface area (Å²) < 4.78 is 50.3. The van der Waals surface area contributed by atoms with Crippen LogP contribution in [0.5, 0.6) is 11.5 Å². The zero-order valence-electron chi connectivity index (χ0n) is 12.4. The van der Waals surface area contributed by atoms with Crippen LogP contribution in [0.25, 0.3) is 0 Å². The first-order valence-electron chi connectivity index (χ1n) is 7.10. The highest BCUT2D eigenvalue weighted by molar-refractivity contribution is 5.75. The molecule has 1 aromatic carbocycles. The van der Waals surface area contributed by atoms with Gasteiger partial charge in [0.1, 0.15) is 0 Å². The predicted octanol–water partition coefficient (Wildman–Crippen LogP) is 1.63. The molecule has 126 valence electrons. The summed E-state index contributed by atoms with van der Waals surface area (Å²) in [6, 6.07) is 4.88. The van der Waals surface area contributed by atoms with Crippen molar-refractivity contribution >= 4 is 6.03 Å². The van der Waals surface area contributed by atoms with E-state index in [1.165, 1.54) is 29.2 Å². The van der Waals surface area contributed by atoms with Gasteiger partial charge in [-0.15, -0.1) is 0 Å². The third kappa shape index (κ3) is 2.88. The van der Waals surface area contributed by atoms with Crippen molar-refractivity contribution in [2.24, 2.45) is 0 Å². The SMILES string of the molecule is CN1CCN(C(=O)NC2(C(F)(F)F)Oc3ccccc3O2)CC1. The molecule has 0 spiro atoms. The number of hydrogen-bond donors (Lipinski definition) is 1. The number of piperazine rings is 1. The standard InChI is InChI=1S/C14H16F3N3O3/c1-19-6-8-20(9-7-19)12(21)18-14(13(15,16)17)22-10-4-2-3-5-11(10)23-14/h2-5H,6-9H2,1H3,(H,18,21). The smallest absolute Gasteiger partial charge is 0.424 e. The highest BCUT2D eigenvalue weighted by atomic mass is 19.4. The van der Waals surface area contributed by atoms with Crippen LogP contribution in [-0.4, -0.2) is 61.1 Å². The molecule has 1 aromatic rings. The van der Waals surface area contributed by atoms with Crippen LogP contribution in [0.2, 0.25) is 0 Å². The fraction of sp³-hybridized carbons (Fsp3) is 0.500. The van der Waals surface area contributed by atoms with Gasteiger partial charge in [0.2, 0.25) is 0 Å². The molecule has 1 saturated heterocycles. The maximum atomic E-state index is 13.5. The second-order valence-electron chi connectivity index (χ2n) is 5.49. The average molecular weight is 331 g/mol. The number of carbonyl (C=O) groups is 1. The van der Waals surface area contributed by atoms with Crippen LogP contribution >= 0.6 is 0 Å². The monoisotopic (exact) mass is 331 g/mol. The second-order valence-corrected chi connectivity index (χ2v) is 5.49. The van der Waals surface area contributed by atoms with Crippen LogP contribution in [0.15, 0.2) is 24.3 Å².